The molecule has 0 aliphatic heterocycles. The summed E-state index contributed by atoms with van der Waals surface area (Å²) in [6.07, 6.45) is 11.3. The molecular weight excluding hydrogens is 302 g/mol. The third-order valence-corrected chi connectivity index (χ3v) is 7.46. The lowest BCUT2D eigenvalue weighted by Gasteiger charge is -2.26. The lowest BCUT2D eigenvalue weighted by atomic mass is 10.1. The number of carbonyl (C=O) groups excluding carboxylic acids is 1. The van der Waals surface area contributed by atoms with E-state index in [1.165, 1.54) is 32.1 Å². The second-order valence-corrected chi connectivity index (χ2v) is 12.7. The smallest absolute Gasteiger partial charge is 0.306 e. The Morgan fingerprint density at radius 3 is 2.04 bits per heavy atom. The normalized spacial score (nSPS) is 13.0. The van der Waals surface area contributed by atoms with Crippen molar-refractivity contribution in [1.29, 1.82) is 0 Å². The van der Waals surface area contributed by atoms with Crippen LogP contribution >= 0.6 is 0 Å². The van der Waals surface area contributed by atoms with E-state index in [1.807, 2.05) is 20.8 Å². The van der Waals surface area contributed by atoms with Crippen LogP contribution in [0.3, 0.4) is 0 Å². The van der Waals surface area contributed by atoms with Crippen molar-refractivity contribution in [3.05, 3.63) is 11.8 Å². The number of nitrogens with zero attached hydrogens (tertiary/aromatic N) is 1. The minimum Gasteiger partial charge on any atom is -0.460 e. The van der Waals surface area contributed by atoms with Gasteiger partial charge >= 0.3 is 5.97 Å². The van der Waals surface area contributed by atoms with Crippen LogP contribution in [0.4, 0.5) is 0 Å². The van der Waals surface area contributed by atoms with Crippen molar-refractivity contribution < 1.29 is 9.53 Å². The highest BCUT2D eigenvalue weighted by atomic mass is 28.3. The van der Waals surface area contributed by atoms with Gasteiger partial charge in [0.15, 0.2) is 0 Å². The maximum Gasteiger partial charge on any atom is 0.306 e. The SMILES string of the molecule is CN(C)[Si](C)(C)/C=C/CCCCCCCCC(=O)OC(C)(C)C. The van der Waals surface area contributed by atoms with Gasteiger partial charge in [-0.3, -0.25) is 4.79 Å². The number of hydrogen-bond acceptors (Lipinski definition) is 3. The zero-order valence-electron chi connectivity index (χ0n) is 16.6. The van der Waals surface area contributed by atoms with Crippen LogP contribution in [-0.2, 0) is 9.53 Å². The van der Waals surface area contributed by atoms with E-state index in [1.54, 1.807) is 0 Å². The van der Waals surface area contributed by atoms with Crippen LogP contribution in [0.15, 0.2) is 11.8 Å². The van der Waals surface area contributed by atoms with Gasteiger partial charge < -0.3 is 9.30 Å². The number of allylic oxidation sites excluding steroid dienone is 1. The van der Waals surface area contributed by atoms with Crippen molar-refractivity contribution in [2.45, 2.75) is 90.8 Å². The first-order valence-electron chi connectivity index (χ1n) is 9.11. The molecule has 0 amide bonds. The van der Waals surface area contributed by atoms with E-state index in [4.69, 9.17) is 4.74 Å². The number of rotatable bonds is 11. The molecule has 0 radical (unpaired) electrons. The fourth-order valence-electron chi connectivity index (χ4n) is 2.15. The summed E-state index contributed by atoms with van der Waals surface area (Å²) in [4.78, 5) is 11.6. The summed E-state index contributed by atoms with van der Waals surface area (Å²) in [6, 6.07) is 0. The molecule has 0 fully saturated rings. The molecule has 136 valence electrons. The summed E-state index contributed by atoms with van der Waals surface area (Å²) in [5.74, 6) is -0.0599. The Morgan fingerprint density at radius 1 is 1.00 bits per heavy atom. The van der Waals surface area contributed by atoms with Crippen LogP contribution < -0.4 is 0 Å². The predicted molar refractivity (Wildman–Crippen MR) is 103 cm³/mol. The number of unbranched alkanes of at least 4 members (excludes halogenated alkanes) is 6. The summed E-state index contributed by atoms with van der Waals surface area (Å²) in [6.45, 7) is 10.5. The highest BCUT2D eigenvalue weighted by molar-refractivity contribution is 6.79. The molecule has 0 N–H and O–H groups in total. The van der Waals surface area contributed by atoms with Crippen LogP contribution in [0.5, 0.6) is 0 Å². The lowest BCUT2D eigenvalue weighted by Crippen LogP contribution is -2.41. The first kappa shape index (κ1) is 22.4. The monoisotopic (exact) mass is 341 g/mol. The molecule has 0 aromatic heterocycles. The predicted octanol–water partition coefficient (Wildman–Crippen LogP) is 5.31. The van der Waals surface area contributed by atoms with E-state index in [0.29, 0.717) is 6.42 Å². The summed E-state index contributed by atoms with van der Waals surface area (Å²) in [5, 5.41) is 0. The molecule has 0 aromatic carbocycles. The van der Waals surface area contributed by atoms with Gasteiger partial charge in [-0.1, -0.05) is 50.6 Å². The average Bonchev–Trinajstić information content (AvgIpc) is 2.38. The molecule has 23 heavy (non-hydrogen) atoms. The Morgan fingerprint density at radius 2 is 1.52 bits per heavy atom. The van der Waals surface area contributed by atoms with Crippen LogP contribution in [0.1, 0.15) is 72.1 Å². The van der Waals surface area contributed by atoms with Crippen LogP contribution in [0.2, 0.25) is 13.1 Å². The number of carbonyl (C=O) groups is 1. The van der Waals surface area contributed by atoms with Crippen molar-refractivity contribution in [3.63, 3.8) is 0 Å². The fraction of sp³-hybridized carbons (Fsp3) is 0.842. The van der Waals surface area contributed by atoms with Gasteiger partial charge in [-0.15, -0.1) is 0 Å². The summed E-state index contributed by atoms with van der Waals surface area (Å²) >= 11 is 0. The Labute approximate surface area is 145 Å². The molecule has 4 heteroatoms. The topological polar surface area (TPSA) is 29.5 Å². The minimum atomic E-state index is -1.29. The van der Waals surface area contributed by atoms with Gasteiger partial charge in [0.1, 0.15) is 13.8 Å². The Bertz CT molecular complexity index is 357. The summed E-state index contributed by atoms with van der Waals surface area (Å²) in [7, 11) is 3.06. The molecule has 0 aromatic rings. The molecule has 0 spiro atoms. The summed E-state index contributed by atoms with van der Waals surface area (Å²) in [5.41, 5.74) is 2.09. The van der Waals surface area contributed by atoms with Crippen LogP contribution in [0.25, 0.3) is 0 Å². The molecule has 0 bridgehead atoms. The molecule has 0 heterocycles. The van der Waals surface area contributed by atoms with E-state index in [-0.39, 0.29) is 11.6 Å². The van der Waals surface area contributed by atoms with Gasteiger partial charge in [0.2, 0.25) is 0 Å². The maximum absolute atomic E-state index is 11.6. The Hall–Kier alpha value is -0.613. The molecule has 0 atom stereocenters. The fourth-order valence-corrected chi connectivity index (χ4v) is 3.19. The number of hydrogen-bond donors (Lipinski definition) is 0. The van der Waals surface area contributed by atoms with Gasteiger partial charge in [0.05, 0.1) is 0 Å². The zero-order chi connectivity index (χ0) is 17.9. The lowest BCUT2D eigenvalue weighted by molar-refractivity contribution is -0.154. The second-order valence-electron chi connectivity index (χ2n) is 8.20. The van der Waals surface area contributed by atoms with Gasteiger partial charge in [0, 0.05) is 6.42 Å². The molecule has 3 nitrogen and oxygen atoms in total. The minimum absolute atomic E-state index is 0.0599. The van der Waals surface area contributed by atoms with E-state index in [9.17, 15) is 4.79 Å². The maximum atomic E-state index is 11.6. The third kappa shape index (κ3) is 13.5. The van der Waals surface area contributed by atoms with Gasteiger partial charge in [0.25, 0.3) is 0 Å². The molecule has 0 rings (SSSR count). The molecule has 0 saturated carbocycles. The van der Waals surface area contributed by atoms with Crippen molar-refractivity contribution in [1.82, 2.24) is 4.57 Å². The van der Waals surface area contributed by atoms with Gasteiger partial charge in [-0.2, -0.15) is 0 Å². The first-order valence-corrected chi connectivity index (χ1v) is 12.1. The molecule has 0 aliphatic rings. The van der Waals surface area contributed by atoms with E-state index < -0.39 is 8.24 Å². The number of ether oxygens (including phenoxy) is 1. The third-order valence-electron chi connectivity index (χ3n) is 4.10. The van der Waals surface area contributed by atoms with E-state index in [0.717, 1.165) is 12.8 Å². The van der Waals surface area contributed by atoms with Crippen molar-refractivity contribution >= 4 is 14.2 Å². The van der Waals surface area contributed by atoms with Crippen molar-refractivity contribution in [2.24, 2.45) is 0 Å². The highest BCUT2D eigenvalue weighted by Gasteiger charge is 2.19. The summed E-state index contributed by atoms with van der Waals surface area (Å²) < 4.78 is 7.68. The average molecular weight is 342 g/mol. The van der Waals surface area contributed by atoms with Crippen LogP contribution in [0, 0.1) is 0 Å². The van der Waals surface area contributed by atoms with E-state index in [2.05, 4.69) is 43.5 Å². The quantitative estimate of drug-likeness (QED) is 0.290. The van der Waals surface area contributed by atoms with Gasteiger partial charge in [-0.25, -0.2) is 0 Å². The van der Waals surface area contributed by atoms with Crippen molar-refractivity contribution in [3.8, 4) is 0 Å². The van der Waals surface area contributed by atoms with Crippen LogP contribution in [-0.4, -0.2) is 38.5 Å². The number of esters is 1. The molecular formula is C19H39NO2Si. The molecule has 0 saturated heterocycles. The van der Waals surface area contributed by atoms with Gasteiger partial charge in [-0.05, 0) is 54.1 Å². The van der Waals surface area contributed by atoms with Crippen molar-refractivity contribution in [2.75, 3.05) is 14.1 Å². The highest BCUT2D eigenvalue weighted by Crippen LogP contribution is 2.13. The zero-order valence-corrected chi connectivity index (χ0v) is 17.6. The molecule has 0 unspecified atom stereocenters. The first-order chi connectivity index (χ1) is 10.5. The van der Waals surface area contributed by atoms with E-state index >= 15 is 0 Å². The standard InChI is InChI=1S/C19H39NO2Si/c1-19(2,3)22-18(21)16-14-12-10-8-9-11-13-15-17-23(6,7)20(4)5/h15,17H,8-14,16H2,1-7H3/b17-15+. The Kier molecular flexibility index (Phi) is 10.7. The Balaban J connectivity index is 3.51. The second kappa shape index (κ2) is 11.0. The molecule has 0 aliphatic carbocycles. The largest absolute Gasteiger partial charge is 0.460 e.